The number of carboxylic acids is 1. The molecule has 154 valence electrons. The summed E-state index contributed by atoms with van der Waals surface area (Å²) in [5, 5.41) is 10.0. The maximum absolute atomic E-state index is 12.8. The normalized spacial score (nSPS) is 22.9. The van der Waals surface area contributed by atoms with Crippen molar-refractivity contribution in [1.82, 2.24) is 4.72 Å². The number of benzene rings is 2. The molecule has 0 unspecified atom stereocenters. The molecule has 2 aromatic rings. The standard InChI is InChI=1S/C21H22ClNO5S/c22-17-3-1-2-4-19(17)28-14-5-7-15(8-6-14)29(26,27)23-18-9-10-21(11-12-21)13-16(18)20(24)25/h1-8,16,18,23H,9-13H2,(H,24,25)/t16-,18+/m1/s1. The van der Waals surface area contributed by atoms with Crippen LogP contribution in [0.25, 0.3) is 0 Å². The van der Waals surface area contributed by atoms with Gasteiger partial charge in [-0.3, -0.25) is 4.79 Å². The molecule has 2 N–H and O–H groups in total. The number of halogens is 1. The third-order valence-corrected chi connectivity index (χ3v) is 7.72. The molecule has 6 nitrogen and oxygen atoms in total. The Morgan fingerprint density at radius 3 is 2.41 bits per heavy atom. The first-order chi connectivity index (χ1) is 13.8. The van der Waals surface area contributed by atoms with Gasteiger partial charge in [-0.15, -0.1) is 0 Å². The van der Waals surface area contributed by atoms with Crippen LogP contribution in [0.4, 0.5) is 0 Å². The molecule has 2 aliphatic rings. The first kappa shape index (κ1) is 20.2. The van der Waals surface area contributed by atoms with Crippen LogP contribution in [0.2, 0.25) is 5.02 Å². The lowest BCUT2D eigenvalue weighted by Gasteiger charge is -2.34. The van der Waals surface area contributed by atoms with Crippen molar-refractivity contribution in [2.75, 3.05) is 0 Å². The van der Waals surface area contributed by atoms with Crippen molar-refractivity contribution in [2.45, 2.75) is 43.0 Å². The molecule has 4 rings (SSSR count). The second-order valence-corrected chi connectivity index (χ2v) is 10.0. The summed E-state index contributed by atoms with van der Waals surface area (Å²) in [6, 6.07) is 12.4. The number of hydrogen-bond acceptors (Lipinski definition) is 4. The largest absolute Gasteiger partial charge is 0.481 e. The van der Waals surface area contributed by atoms with Crippen LogP contribution in [-0.2, 0) is 14.8 Å². The van der Waals surface area contributed by atoms with Crippen molar-refractivity contribution < 1.29 is 23.1 Å². The minimum Gasteiger partial charge on any atom is -0.481 e. The van der Waals surface area contributed by atoms with Crippen LogP contribution in [0.5, 0.6) is 11.5 Å². The van der Waals surface area contributed by atoms with Gasteiger partial charge in [-0.2, -0.15) is 0 Å². The molecule has 0 radical (unpaired) electrons. The average Bonchev–Trinajstić information content (AvgIpc) is 3.44. The van der Waals surface area contributed by atoms with Crippen molar-refractivity contribution in [3.8, 4) is 11.5 Å². The number of carbonyl (C=O) groups is 1. The fourth-order valence-corrected chi connectivity index (χ4v) is 5.50. The summed E-state index contributed by atoms with van der Waals surface area (Å²) in [6.45, 7) is 0. The maximum atomic E-state index is 12.8. The van der Waals surface area contributed by atoms with E-state index in [9.17, 15) is 18.3 Å². The van der Waals surface area contributed by atoms with Crippen molar-refractivity contribution in [1.29, 1.82) is 0 Å². The van der Waals surface area contributed by atoms with Crippen LogP contribution >= 0.6 is 11.6 Å². The van der Waals surface area contributed by atoms with Gasteiger partial charge in [0.25, 0.3) is 0 Å². The minimum atomic E-state index is -3.84. The average molecular weight is 436 g/mol. The summed E-state index contributed by atoms with van der Waals surface area (Å²) in [7, 11) is -3.84. The van der Waals surface area contributed by atoms with Gasteiger partial charge in [-0.1, -0.05) is 23.7 Å². The van der Waals surface area contributed by atoms with E-state index in [0.29, 0.717) is 29.4 Å². The zero-order valence-corrected chi connectivity index (χ0v) is 17.2. The van der Waals surface area contributed by atoms with Crippen LogP contribution in [0.15, 0.2) is 53.4 Å². The molecule has 1 spiro atoms. The smallest absolute Gasteiger partial charge is 0.308 e. The van der Waals surface area contributed by atoms with Gasteiger partial charge in [-0.25, -0.2) is 13.1 Å². The van der Waals surface area contributed by atoms with Gasteiger partial charge < -0.3 is 9.84 Å². The lowest BCUT2D eigenvalue weighted by Crippen LogP contribution is -2.47. The first-order valence-electron chi connectivity index (χ1n) is 9.56. The highest BCUT2D eigenvalue weighted by atomic mass is 35.5. The van der Waals surface area contributed by atoms with E-state index in [1.54, 1.807) is 36.4 Å². The van der Waals surface area contributed by atoms with Gasteiger partial charge in [0.05, 0.1) is 15.8 Å². The van der Waals surface area contributed by atoms with Crippen LogP contribution < -0.4 is 9.46 Å². The SMILES string of the molecule is O=C(O)[C@@H]1CC2(CC[C@@H]1NS(=O)(=O)c1ccc(Oc3ccccc3Cl)cc1)CC2. The van der Waals surface area contributed by atoms with Gasteiger partial charge in [0, 0.05) is 6.04 Å². The molecule has 8 heteroatoms. The molecule has 2 aromatic carbocycles. The zero-order valence-electron chi connectivity index (χ0n) is 15.7. The summed E-state index contributed by atoms with van der Waals surface area (Å²) >= 11 is 6.07. The minimum absolute atomic E-state index is 0.0693. The number of sulfonamides is 1. The Morgan fingerprint density at radius 2 is 1.79 bits per heavy atom. The highest BCUT2D eigenvalue weighted by Crippen LogP contribution is 2.57. The van der Waals surface area contributed by atoms with Gasteiger partial charge in [-0.05, 0) is 73.9 Å². The molecular formula is C21H22ClNO5S. The monoisotopic (exact) mass is 435 g/mol. The number of hydrogen-bond donors (Lipinski definition) is 2. The van der Waals surface area contributed by atoms with E-state index in [1.165, 1.54) is 12.1 Å². The van der Waals surface area contributed by atoms with E-state index in [-0.39, 0.29) is 10.3 Å². The Labute approximate surface area is 174 Å². The predicted molar refractivity (Wildman–Crippen MR) is 109 cm³/mol. The second-order valence-electron chi connectivity index (χ2n) is 7.92. The lowest BCUT2D eigenvalue weighted by molar-refractivity contribution is -0.144. The zero-order chi connectivity index (χ0) is 20.6. The molecule has 2 fully saturated rings. The number of carboxylic acid groups (broad SMARTS) is 1. The van der Waals surface area contributed by atoms with Gasteiger partial charge in [0.2, 0.25) is 10.0 Å². The van der Waals surface area contributed by atoms with Crippen LogP contribution in [-0.4, -0.2) is 25.5 Å². The molecule has 2 saturated carbocycles. The highest BCUT2D eigenvalue weighted by molar-refractivity contribution is 7.89. The Bertz CT molecular complexity index is 1020. The predicted octanol–water partition coefficient (Wildman–Crippen LogP) is 4.44. The molecule has 0 heterocycles. The number of rotatable bonds is 6. The third-order valence-electron chi connectivity index (χ3n) is 5.90. The fourth-order valence-electron chi connectivity index (χ4n) is 4.01. The lowest BCUT2D eigenvalue weighted by atomic mass is 9.76. The Balaban J connectivity index is 1.47. The van der Waals surface area contributed by atoms with E-state index in [0.717, 1.165) is 19.3 Å². The third kappa shape index (κ3) is 4.42. The van der Waals surface area contributed by atoms with Crippen molar-refractivity contribution in [3.05, 3.63) is 53.6 Å². The van der Waals surface area contributed by atoms with E-state index >= 15 is 0 Å². The fraction of sp³-hybridized carbons (Fsp3) is 0.381. The maximum Gasteiger partial charge on any atom is 0.308 e. The van der Waals surface area contributed by atoms with Gasteiger partial charge in [0.15, 0.2) is 0 Å². The van der Waals surface area contributed by atoms with Crippen molar-refractivity contribution in [2.24, 2.45) is 11.3 Å². The topological polar surface area (TPSA) is 92.7 Å². The molecule has 0 amide bonds. The van der Waals surface area contributed by atoms with E-state index in [2.05, 4.69) is 4.72 Å². The summed E-state index contributed by atoms with van der Waals surface area (Å²) < 4.78 is 33.9. The quantitative estimate of drug-likeness (QED) is 0.699. The first-order valence-corrected chi connectivity index (χ1v) is 11.4. The van der Waals surface area contributed by atoms with Gasteiger partial charge >= 0.3 is 5.97 Å². The van der Waals surface area contributed by atoms with Crippen molar-refractivity contribution >= 4 is 27.6 Å². The number of ether oxygens (including phenoxy) is 1. The highest BCUT2D eigenvalue weighted by Gasteiger charge is 2.51. The van der Waals surface area contributed by atoms with Crippen LogP contribution in [0.3, 0.4) is 0 Å². The Morgan fingerprint density at radius 1 is 1.10 bits per heavy atom. The Kier molecular flexibility index (Phi) is 5.31. The van der Waals surface area contributed by atoms with E-state index in [1.807, 2.05) is 0 Å². The molecular weight excluding hydrogens is 414 g/mol. The molecule has 2 aliphatic carbocycles. The van der Waals surface area contributed by atoms with E-state index < -0.39 is 28.0 Å². The number of para-hydroxylation sites is 1. The Hall–Kier alpha value is -2.09. The summed E-state index contributed by atoms with van der Waals surface area (Å²) in [5.41, 5.74) is 0.128. The second kappa shape index (κ2) is 7.63. The molecule has 0 aromatic heterocycles. The summed E-state index contributed by atoms with van der Waals surface area (Å²) in [4.78, 5) is 11.8. The molecule has 0 saturated heterocycles. The molecule has 2 atom stereocenters. The molecule has 0 bridgehead atoms. The van der Waals surface area contributed by atoms with Crippen LogP contribution in [0.1, 0.15) is 32.1 Å². The van der Waals surface area contributed by atoms with E-state index in [4.69, 9.17) is 16.3 Å². The van der Waals surface area contributed by atoms with Crippen LogP contribution in [0, 0.1) is 11.3 Å². The summed E-state index contributed by atoms with van der Waals surface area (Å²) in [5.74, 6) is -0.701. The summed E-state index contributed by atoms with van der Waals surface area (Å²) in [6.07, 6.45) is 4.05. The molecule has 0 aliphatic heterocycles. The number of aliphatic carboxylic acids is 1. The van der Waals surface area contributed by atoms with Crippen molar-refractivity contribution in [3.63, 3.8) is 0 Å². The number of nitrogens with one attached hydrogen (secondary N) is 1. The van der Waals surface area contributed by atoms with Gasteiger partial charge in [0.1, 0.15) is 11.5 Å². The molecule has 29 heavy (non-hydrogen) atoms.